The van der Waals surface area contributed by atoms with Gasteiger partial charge in [0, 0.05) is 7.05 Å². The highest BCUT2D eigenvalue weighted by molar-refractivity contribution is 5.95. The molecule has 1 aliphatic carbocycles. The second-order valence-electron chi connectivity index (χ2n) is 4.75. The number of carbonyl (C=O) groups is 2. The second-order valence-corrected chi connectivity index (χ2v) is 4.75. The molecule has 0 fully saturated rings. The zero-order chi connectivity index (χ0) is 14.0. The lowest BCUT2D eigenvalue weighted by molar-refractivity contribution is -0.146. The number of carboxylic acids is 1. The molecule has 0 spiro atoms. The smallest absolute Gasteiger partial charge is 0.307 e. The number of amides is 1. The summed E-state index contributed by atoms with van der Waals surface area (Å²) in [6, 6.07) is 0. The maximum absolute atomic E-state index is 12.2. The van der Waals surface area contributed by atoms with Gasteiger partial charge in [0.25, 0.3) is 0 Å². The van der Waals surface area contributed by atoms with Gasteiger partial charge in [0.2, 0.25) is 5.91 Å². The van der Waals surface area contributed by atoms with Gasteiger partial charge >= 0.3 is 5.97 Å². The molecule has 1 amide bonds. The first-order chi connectivity index (χ1) is 9.00. The van der Waals surface area contributed by atoms with Crippen molar-refractivity contribution < 1.29 is 14.7 Å². The van der Waals surface area contributed by atoms with Crippen molar-refractivity contribution >= 4 is 17.6 Å². The Kier molecular flexibility index (Phi) is 3.69. The number of anilines is 1. The van der Waals surface area contributed by atoms with Crippen molar-refractivity contribution in [3.8, 4) is 0 Å². The van der Waals surface area contributed by atoms with Gasteiger partial charge in [0.1, 0.15) is 0 Å². The third-order valence-electron chi connectivity index (χ3n) is 3.58. The van der Waals surface area contributed by atoms with E-state index in [0.717, 1.165) is 5.69 Å². The number of allylic oxidation sites excluding steroid dienone is 2. The molecular formula is C13H17N3O3. The van der Waals surface area contributed by atoms with Crippen molar-refractivity contribution in [2.24, 2.45) is 18.9 Å². The lowest BCUT2D eigenvalue weighted by atomic mass is 9.82. The molecule has 0 radical (unpaired) electrons. The lowest BCUT2D eigenvalue weighted by Gasteiger charge is -2.24. The van der Waals surface area contributed by atoms with Crippen molar-refractivity contribution in [2.45, 2.75) is 19.8 Å². The van der Waals surface area contributed by atoms with Gasteiger partial charge in [-0.3, -0.25) is 14.3 Å². The molecule has 1 heterocycles. The maximum Gasteiger partial charge on any atom is 0.307 e. The number of nitrogens with one attached hydrogen (secondary N) is 1. The molecule has 0 aromatic carbocycles. The molecule has 0 aliphatic heterocycles. The van der Waals surface area contributed by atoms with E-state index in [2.05, 4.69) is 10.4 Å². The third-order valence-corrected chi connectivity index (χ3v) is 3.58. The minimum absolute atomic E-state index is 0.257. The van der Waals surface area contributed by atoms with Crippen LogP contribution < -0.4 is 5.32 Å². The SMILES string of the molecule is Cc1c(NC(=O)[C@@H]2CC=CC[C@@H]2C(=O)O)cnn1C. The minimum Gasteiger partial charge on any atom is -0.481 e. The summed E-state index contributed by atoms with van der Waals surface area (Å²) in [6.45, 7) is 1.85. The molecule has 2 rings (SSSR count). The van der Waals surface area contributed by atoms with Crippen molar-refractivity contribution in [1.82, 2.24) is 9.78 Å². The second kappa shape index (κ2) is 5.26. The number of aryl methyl sites for hydroxylation is 1. The van der Waals surface area contributed by atoms with Crippen LogP contribution >= 0.6 is 0 Å². The van der Waals surface area contributed by atoms with Crippen LogP contribution in [0.4, 0.5) is 5.69 Å². The van der Waals surface area contributed by atoms with E-state index in [-0.39, 0.29) is 5.91 Å². The molecule has 19 heavy (non-hydrogen) atoms. The van der Waals surface area contributed by atoms with Gasteiger partial charge in [-0.15, -0.1) is 0 Å². The average Bonchev–Trinajstić information content (AvgIpc) is 2.70. The number of nitrogens with zero attached hydrogens (tertiary/aromatic N) is 2. The van der Waals surface area contributed by atoms with Gasteiger partial charge in [-0.05, 0) is 19.8 Å². The summed E-state index contributed by atoms with van der Waals surface area (Å²) in [5, 5.41) is 16.0. The van der Waals surface area contributed by atoms with E-state index < -0.39 is 17.8 Å². The predicted octanol–water partition coefficient (Wildman–Crippen LogP) is 1.33. The minimum atomic E-state index is -0.924. The third kappa shape index (κ3) is 2.67. The Hall–Kier alpha value is -2.11. The summed E-state index contributed by atoms with van der Waals surface area (Å²) >= 11 is 0. The number of aliphatic carboxylic acids is 1. The highest BCUT2D eigenvalue weighted by Crippen LogP contribution is 2.27. The maximum atomic E-state index is 12.2. The van der Waals surface area contributed by atoms with Crippen LogP contribution in [-0.4, -0.2) is 26.8 Å². The largest absolute Gasteiger partial charge is 0.481 e. The molecular weight excluding hydrogens is 246 g/mol. The average molecular weight is 263 g/mol. The number of hydrogen-bond donors (Lipinski definition) is 2. The summed E-state index contributed by atoms with van der Waals surface area (Å²) in [5.41, 5.74) is 1.47. The van der Waals surface area contributed by atoms with Crippen molar-refractivity contribution in [3.63, 3.8) is 0 Å². The molecule has 1 aliphatic rings. The molecule has 0 saturated carbocycles. The van der Waals surface area contributed by atoms with E-state index in [1.54, 1.807) is 17.9 Å². The highest BCUT2D eigenvalue weighted by atomic mass is 16.4. The summed E-state index contributed by atoms with van der Waals surface area (Å²) in [5.74, 6) is -2.36. The van der Waals surface area contributed by atoms with Crippen LogP contribution in [0, 0.1) is 18.8 Å². The Morgan fingerprint density at radius 3 is 2.53 bits per heavy atom. The number of aromatic nitrogens is 2. The van der Waals surface area contributed by atoms with Gasteiger partial charge < -0.3 is 10.4 Å². The quantitative estimate of drug-likeness (QED) is 0.806. The van der Waals surface area contributed by atoms with Gasteiger partial charge in [-0.25, -0.2) is 0 Å². The number of carboxylic acid groups (broad SMARTS) is 1. The van der Waals surface area contributed by atoms with Gasteiger partial charge in [-0.1, -0.05) is 12.2 Å². The summed E-state index contributed by atoms with van der Waals surface area (Å²) in [7, 11) is 1.79. The highest BCUT2D eigenvalue weighted by Gasteiger charge is 2.34. The first kappa shape index (κ1) is 13.3. The van der Waals surface area contributed by atoms with Crippen LogP contribution in [0.15, 0.2) is 18.3 Å². The fraction of sp³-hybridized carbons (Fsp3) is 0.462. The predicted molar refractivity (Wildman–Crippen MR) is 69.6 cm³/mol. The molecule has 0 saturated heterocycles. The first-order valence-corrected chi connectivity index (χ1v) is 6.18. The van der Waals surface area contributed by atoms with Crippen LogP contribution in [0.1, 0.15) is 18.5 Å². The number of rotatable bonds is 3. The standard InChI is InChI=1S/C13H17N3O3/c1-8-11(7-14-16(8)2)15-12(17)9-5-3-4-6-10(9)13(18)19/h3-4,7,9-10H,5-6H2,1-2H3,(H,15,17)(H,18,19)/t9-,10+/m1/s1. The Bertz CT molecular complexity index is 533. The molecule has 6 nitrogen and oxygen atoms in total. The van der Waals surface area contributed by atoms with E-state index in [4.69, 9.17) is 5.11 Å². The Balaban J connectivity index is 2.12. The molecule has 102 valence electrons. The van der Waals surface area contributed by atoms with Crippen molar-refractivity contribution in [1.29, 1.82) is 0 Å². The van der Waals surface area contributed by atoms with E-state index in [0.29, 0.717) is 18.5 Å². The van der Waals surface area contributed by atoms with Crippen LogP contribution in [-0.2, 0) is 16.6 Å². The number of hydrogen-bond acceptors (Lipinski definition) is 3. The molecule has 2 atom stereocenters. The summed E-state index contributed by atoms with van der Waals surface area (Å²) in [6.07, 6.45) is 6.11. The fourth-order valence-corrected chi connectivity index (χ4v) is 2.22. The zero-order valence-electron chi connectivity index (χ0n) is 11.0. The van der Waals surface area contributed by atoms with E-state index in [1.165, 1.54) is 0 Å². The summed E-state index contributed by atoms with van der Waals surface area (Å²) < 4.78 is 1.66. The fourth-order valence-electron chi connectivity index (χ4n) is 2.22. The van der Waals surface area contributed by atoms with Crippen LogP contribution in [0.25, 0.3) is 0 Å². The Labute approximate surface area is 111 Å². The van der Waals surface area contributed by atoms with Gasteiger partial charge in [0.15, 0.2) is 0 Å². The van der Waals surface area contributed by atoms with Gasteiger partial charge in [-0.2, -0.15) is 5.10 Å². The van der Waals surface area contributed by atoms with Crippen LogP contribution in [0.2, 0.25) is 0 Å². The molecule has 1 aromatic heterocycles. The van der Waals surface area contributed by atoms with Crippen LogP contribution in [0.5, 0.6) is 0 Å². The summed E-state index contributed by atoms with van der Waals surface area (Å²) in [4.78, 5) is 23.4. The zero-order valence-corrected chi connectivity index (χ0v) is 11.0. The van der Waals surface area contributed by atoms with E-state index in [1.807, 2.05) is 19.1 Å². The first-order valence-electron chi connectivity index (χ1n) is 6.18. The monoisotopic (exact) mass is 263 g/mol. The molecule has 2 N–H and O–H groups in total. The molecule has 6 heteroatoms. The molecule has 1 aromatic rings. The number of carbonyl (C=O) groups excluding carboxylic acids is 1. The van der Waals surface area contributed by atoms with Crippen LogP contribution in [0.3, 0.4) is 0 Å². The molecule has 0 unspecified atom stereocenters. The Morgan fingerprint density at radius 2 is 2.00 bits per heavy atom. The van der Waals surface area contributed by atoms with Crippen molar-refractivity contribution in [3.05, 3.63) is 24.0 Å². The van der Waals surface area contributed by atoms with Crippen molar-refractivity contribution in [2.75, 3.05) is 5.32 Å². The van der Waals surface area contributed by atoms with Gasteiger partial charge in [0.05, 0.1) is 29.4 Å². The normalized spacial score (nSPS) is 22.2. The van der Waals surface area contributed by atoms with E-state index >= 15 is 0 Å². The van der Waals surface area contributed by atoms with E-state index in [9.17, 15) is 9.59 Å². The lowest BCUT2D eigenvalue weighted by Crippen LogP contribution is -2.34. The molecule has 0 bridgehead atoms. The Morgan fingerprint density at radius 1 is 1.37 bits per heavy atom. The topological polar surface area (TPSA) is 84.2 Å².